The molecule has 1 unspecified atom stereocenters. The third kappa shape index (κ3) is 2.74. The molecule has 0 aliphatic heterocycles. The van der Waals surface area contributed by atoms with Gasteiger partial charge in [-0.2, -0.15) is 11.3 Å². The summed E-state index contributed by atoms with van der Waals surface area (Å²) in [4.78, 5) is 0.263. The van der Waals surface area contributed by atoms with Crippen LogP contribution < -0.4 is 0 Å². The minimum atomic E-state index is -3.18. The molecule has 0 amide bonds. The summed E-state index contributed by atoms with van der Waals surface area (Å²) in [5.41, 5.74) is 1.51. The number of rotatable bonds is 3. The summed E-state index contributed by atoms with van der Waals surface area (Å²) in [6, 6.07) is 8.15. The van der Waals surface area contributed by atoms with Gasteiger partial charge in [0.25, 0.3) is 0 Å². The predicted molar refractivity (Wildman–Crippen MR) is 67.9 cm³/mol. The molecule has 0 fully saturated rings. The van der Waals surface area contributed by atoms with Crippen LogP contribution in [0.1, 0.15) is 17.2 Å². The molecule has 1 heterocycles. The van der Waals surface area contributed by atoms with E-state index in [0.717, 1.165) is 11.8 Å². The fourth-order valence-electron chi connectivity index (χ4n) is 1.52. The molecule has 0 aliphatic rings. The van der Waals surface area contributed by atoms with Gasteiger partial charge in [0.1, 0.15) is 6.10 Å². The second kappa shape index (κ2) is 4.60. The van der Waals surface area contributed by atoms with E-state index in [1.807, 2.05) is 16.8 Å². The lowest BCUT2D eigenvalue weighted by Crippen LogP contribution is -2.00. The van der Waals surface area contributed by atoms with E-state index in [1.165, 1.54) is 23.5 Å². The summed E-state index contributed by atoms with van der Waals surface area (Å²) in [5, 5.41) is 13.8. The fraction of sp³-hybridized carbons (Fsp3) is 0.167. The van der Waals surface area contributed by atoms with E-state index in [-0.39, 0.29) is 4.90 Å². The van der Waals surface area contributed by atoms with Gasteiger partial charge in [0.15, 0.2) is 9.84 Å². The maximum atomic E-state index is 11.3. The molecule has 2 aromatic rings. The molecule has 1 atom stereocenters. The maximum Gasteiger partial charge on any atom is 0.175 e. The third-order valence-electron chi connectivity index (χ3n) is 2.48. The Morgan fingerprint density at radius 2 is 1.76 bits per heavy atom. The van der Waals surface area contributed by atoms with E-state index in [1.54, 1.807) is 12.1 Å². The molecule has 2 rings (SSSR count). The first kappa shape index (κ1) is 12.3. The fourth-order valence-corrected chi connectivity index (χ4v) is 2.83. The zero-order chi connectivity index (χ0) is 12.5. The second-order valence-electron chi connectivity index (χ2n) is 3.80. The Kier molecular flexibility index (Phi) is 3.33. The van der Waals surface area contributed by atoms with E-state index in [4.69, 9.17) is 0 Å². The molecule has 90 valence electrons. The van der Waals surface area contributed by atoms with E-state index >= 15 is 0 Å². The first-order valence-electron chi connectivity index (χ1n) is 4.98. The van der Waals surface area contributed by atoms with Gasteiger partial charge in [-0.3, -0.25) is 0 Å². The van der Waals surface area contributed by atoms with Gasteiger partial charge in [-0.15, -0.1) is 0 Å². The molecule has 0 radical (unpaired) electrons. The molecule has 0 aliphatic carbocycles. The Hall–Kier alpha value is -1.17. The molecule has 0 spiro atoms. The third-order valence-corrected chi connectivity index (χ3v) is 4.31. The van der Waals surface area contributed by atoms with Crippen molar-refractivity contribution in [2.75, 3.05) is 6.26 Å². The number of hydrogen-bond donors (Lipinski definition) is 1. The quantitative estimate of drug-likeness (QED) is 0.928. The maximum absolute atomic E-state index is 11.3. The minimum absolute atomic E-state index is 0.263. The first-order valence-corrected chi connectivity index (χ1v) is 7.82. The Balaban J connectivity index is 2.30. The summed E-state index contributed by atoms with van der Waals surface area (Å²) < 4.78 is 22.6. The number of aliphatic hydroxyl groups excluding tert-OH is 1. The largest absolute Gasteiger partial charge is 0.384 e. The molecular formula is C12H12O3S2. The summed E-state index contributed by atoms with van der Waals surface area (Å²) in [6.07, 6.45) is 0.465. The van der Waals surface area contributed by atoms with E-state index in [2.05, 4.69) is 0 Å². The lowest BCUT2D eigenvalue weighted by Gasteiger charge is -2.09. The van der Waals surface area contributed by atoms with Crippen LogP contribution in [-0.4, -0.2) is 19.8 Å². The SMILES string of the molecule is CS(=O)(=O)c1ccc(C(O)c2ccsc2)cc1. The van der Waals surface area contributed by atoms with Crippen LogP contribution in [0.15, 0.2) is 46.0 Å². The first-order chi connectivity index (χ1) is 7.98. The monoisotopic (exact) mass is 268 g/mol. The van der Waals surface area contributed by atoms with Crippen molar-refractivity contribution in [1.82, 2.24) is 0 Å². The van der Waals surface area contributed by atoms with Gasteiger partial charge in [0.05, 0.1) is 4.90 Å². The van der Waals surface area contributed by atoms with Crippen molar-refractivity contribution in [1.29, 1.82) is 0 Å². The van der Waals surface area contributed by atoms with E-state index in [0.29, 0.717) is 5.56 Å². The van der Waals surface area contributed by atoms with Gasteiger partial charge >= 0.3 is 0 Å². The summed E-state index contributed by atoms with van der Waals surface area (Å²) in [5.74, 6) is 0. The van der Waals surface area contributed by atoms with Gasteiger partial charge in [0.2, 0.25) is 0 Å². The zero-order valence-electron chi connectivity index (χ0n) is 9.20. The molecule has 3 nitrogen and oxygen atoms in total. The highest BCUT2D eigenvalue weighted by Gasteiger charge is 2.12. The van der Waals surface area contributed by atoms with Crippen LogP contribution in [0.2, 0.25) is 0 Å². The average molecular weight is 268 g/mol. The highest BCUT2D eigenvalue weighted by atomic mass is 32.2. The van der Waals surface area contributed by atoms with Crippen LogP contribution in [0.3, 0.4) is 0 Å². The molecule has 0 bridgehead atoms. The van der Waals surface area contributed by atoms with E-state index in [9.17, 15) is 13.5 Å². The van der Waals surface area contributed by atoms with Gasteiger partial charge in [0, 0.05) is 6.26 Å². The summed E-state index contributed by atoms with van der Waals surface area (Å²) >= 11 is 1.51. The molecule has 1 aromatic carbocycles. The molecule has 1 aromatic heterocycles. The smallest absolute Gasteiger partial charge is 0.175 e. The van der Waals surface area contributed by atoms with Crippen molar-refractivity contribution in [3.63, 3.8) is 0 Å². The van der Waals surface area contributed by atoms with Crippen LogP contribution in [0.5, 0.6) is 0 Å². The van der Waals surface area contributed by atoms with Crippen molar-refractivity contribution >= 4 is 21.2 Å². The second-order valence-corrected chi connectivity index (χ2v) is 6.60. The molecule has 17 heavy (non-hydrogen) atoms. The number of benzene rings is 1. The minimum Gasteiger partial charge on any atom is -0.384 e. The highest BCUT2D eigenvalue weighted by molar-refractivity contribution is 7.90. The lowest BCUT2D eigenvalue weighted by atomic mass is 10.1. The van der Waals surface area contributed by atoms with Gasteiger partial charge in [-0.1, -0.05) is 12.1 Å². The van der Waals surface area contributed by atoms with Crippen LogP contribution in [0.4, 0.5) is 0 Å². The molecule has 0 saturated carbocycles. The standard InChI is InChI=1S/C12H12O3S2/c1-17(14,15)11-4-2-9(3-5-11)12(13)10-6-7-16-8-10/h2-8,12-13H,1H3. The Morgan fingerprint density at radius 3 is 2.24 bits per heavy atom. The van der Waals surface area contributed by atoms with Crippen LogP contribution in [0, 0.1) is 0 Å². The van der Waals surface area contributed by atoms with Crippen molar-refractivity contribution in [2.24, 2.45) is 0 Å². The zero-order valence-corrected chi connectivity index (χ0v) is 10.8. The Labute approximate surface area is 104 Å². The Bertz CT molecular complexity index is 583. The molecule has 0 saturated heterocycles. The van der Waals surface area contributed by atoms with Crippen molar-refractivity contribution in [2.45, 2.75) is 11.0 Å². The van der Waals surface area contributed by atoms with Crippen molar-refractivity contribution < 1.29 is 13.5 Å². The summed E-state index contributed by atoms with van der Waals surface area (Å²) in [7, 11) is -3.18. The number of aliphatic hydroxyl groups is 1. The van der Waals surface area contributed by atoms with Crippen LogP contribution in [0.25, 0.3) is 0 Å². The van der Waals surface area contributed by atoms with Crippen molar-refractivity contribution in [3.05, 3.63) is 52.2 Å². The predicted octanol–water partition coefficient (Wildman–Crippen LogP) is 2.23. The number of sulfone groups is 1. The van der Waals surface area contributed by atoms with Crippen LogP contribution in [-0.2, 0) is 9.84 Å². The molecular weight excluding hydrogens is 256 g/mol. The van der Waals surface area contributed by atoms with Crippen molar-refractivity contribution in [3.8, 4) is 0 Å². The molecule has 1 N–H and O–H groups in total. The average Bonchev–Trinajstić information content (AvgIpc) is 2.80. The lowest BCUT2D eigenvalue weighted by molar-refractivity contribution is 0.221. The number of thiophene rings is 1. The van der Waals surface area contributed by atoms with E-state index < -0.39 is 15.9 Å². The van der Waals surface area contributed by atoms with Gasteiger partial charge < -0.3 is 5.11 Å². The highest BCUT2D eigenvalue weighted by Crippen LogP contribution is 2.24. The topological polar surface area (TPSA) is 54.4 Å². The molecule has 5 heteroatoms. The normalized spacial score (nSPS) is 13.5. The van der Waals surface area contributed by atoms with Gasteiger partial charge in [-0.25, -0.2) is 8.42 Å². The van der Waals surface area contributed by atoms with Gasteiger partial charge in [-0.05, 0) is 40.1 Å². The summed E-state index contributed by atoms with van der Waals surface area (Å²) in [6.45, 7) is 0. The Morgan fingerprint density at radius 1 is 1.12 bits per heavy atom. The number of hydrogen-bond acceptors (Lipinski definition) is 4. The van der Waals surface area contributed by atoms with Crippen LogP contribution >= 0.6 is 11.3 Å².